The molecule has 0 saturated carbocycles. The van der Waals surface area contributed by atoms with Gasteiger partial charge in [-0.25, -0.2) is 4.98 Å². The maximum Gasteiger partial charge on any atom is 0.143 e. The molecule has 0 aliphatic carbocycles. The highest BCUT2D eigenvalue weighted by Crippen LogP contribution is 2.36. The molecule has 0 saturated heterocycles. The van der Waals surface area contributed by atoms with Crippen molar-refractivity contribution in [2.24, 2.45) is 0 Å². The summed E-state index contributed by atoms with van der Waals surface area (Å²) in [6.45, 7) is 6.48. The van der Waals surface area contributed by atoms with Gasteiger partial charge in [0.2, 0.25) is 0 Å². The molecule has 4 nitrogen and oxygen atoms in total. The molecule has 0 aliphatic heterocycles. The maximum atomic E-state index is 6.23. The Bertz CT molecular complexity index is 815. The molecule has 2 N–H and O–H groups in total. The van der Waals surface area contributed by atoms with Gasteiger partial charge in [-0.3, -0.25) is 4.98 Å². The second-order valence-electron chi connectivity index (χ2n) is 6.01. The quantitative estimate of drug-likeness (QED) is 0.673. The molecule has 1 aromatic carbocycles. The summed E-state index contributed by atoms with van der Waals surface area (Å²) in [5.41, 5.74) is 9.69. The van der Waals surface area contributed by atoms with Gasteiger partial charge in [-0.2, -0.15) is 0 Å². The average molecular weight is 345 g/mol. The smallest absolute Gasteiger partial charge is 0.143 e. The van der Waals surface area contributed by atoms with Crippen LogP contribution in [0.25, 0.3) is 22.4 Å². The van der Waals surface area contributed by atoms with E-state index in [0.29, 0.717) is 5.69 Å². The lowest BCUT2D eigenvalue weighted by Gasteiger charge is -2.25. The first-order valence-corrected chi connectivity index (χ1v) is 7.56. The topological polar surface area (TPSA) is 56.7 Å². The summed E-state index contributed by atoms with van der Waals surface area (Å²) < 4.78 is 3.09. The Morgan fingerprint density at radius 3 is 2.67 bits per heavy atom. The van der Waals surface area contributed by atoms with Gasteiger partial charge in [-0.15, -0.1) is 0 Å². The lowest BCUT2D eigenvalue weighted by Crippen LogP contribution is -2.22. The number of imidazole rings is 1. The number of fused-ring (bicyclic) bond motifs is 1. The van der Waals surface area contributed by atoms with Crippen LogP contribution in [0.3, 0.4) is 0 Å². The van der Waals surface area contributed by atoms with Gasteiger partial charge in [0, 0.05) is 21.8 Å². The van der Waals surface area contributed by atoms with Crippen molar-refractivity contribution in [3.8, 4) is 11.4 Å². The van der Waals surface area contributed by atoms with Crippen LogP contribution in [0.1, 0.15) is 20.8 Å². The fraction of sp³-hybridized carbons (Fsp3) is 0.250. The molecule has 21 heavy (non-hydrogen) atoms. The number of pyridine rings is 1. The van der Waals surface area contributed by atoms with Gasteiger partial charge in [0.1, 0.15) is 11.3 Å². The Morgan fingerprint density at radius 1 is 1.19 bits per heavy atom. The molecule has 3 rings (SSSR count). The van der Waals surface area contributed by atoms with Crippen molar-refractivity contribution >= 4 is 32.7 Å². The van der Waals surface area contributed by atoms with E-state index in [4.69, 9.17) is 10.7 Å². The first kappa shape index (κ1) is 14.1. The van der Waals surface area contributed by atoms with Crippen LogP contribution in [0.15, 0.2) is 41.1 Å². The number of para-hydroxylation sites is 1. The van der Waals surface area contributed by atoms with Crippen LogP contribution >= 0.6 is 15.9 Å². The van der Waals surface area contributed by atoms with Crippen molar-refractivity contribution in [1.82, 2.24) is 14.5 Å². The predicted octanol–water partition coefficient (Wildman–Crippen LogP) is 4.20. The number of benzene rings is 1. The molecule has 5 heteroatoms. The average Bonchev–Trinajstić information content (AvgIpc) is 2.80. The van der Waals surface area contributed by atoms with E-state index in [1.807, 2.05) is 24.3 Å². The molecule has 0 unspecified atom stereocenters. The summed E-state index contributed by atoms with van der Waals surface area (Å²) in [6, 6.07) is 7.90. The minimum absolute atomic E-state index is 0.111. The number of anilines is 1. The van der Waals surface area contributed by atoms with Gasteiger partial charge in [0.15, 0.2) is 0 Å². The summed E-state index contributed by atoms with van der Waals surface area (Å²) in [4.78, 5) is 8.92. The van der Waals surface area contributed by atoms with Crippen molar-refractivity contribution in [2.45, 2.75) is 26.3 Å². The lowest BCUT2D eigenvalue weighted by molar-refractivity contribution is 0.413. The minimum atomic E-state index is -0.111. The standard InChI is InChI=1S/C16H17BrN4/c1-16(2,3)21-13-7-8-19-9-12(13)20-15(21)10-5-4-6-11(17)14(10)18/h4-9H,18H2,1-3H3. The molecule has 3 aromatic rings. The Morgan fingerprint density at radius 2 is 1.95 bits per heavy atom. The molecule has 0 fully saturated rings. The molecule has 0 amide bonds. The largest absolute Gasteiger partial charge is 0.397 e. The highest BCUT2D eigenvalue weighted by molar-refractivity contribution is 9.10. The summed E-state index contributed by atoms with van der Waals surface area (Å²) in [5.74, 6) is 0.865. The first-order chi connectivity index (χ1) is 9.89. The van der Waals surface area contributed by atoms with E-state index in [9.17, 15) is 0 Å². The number of rotatable bonds is 1. The van der Waals surface area contributed by atoms with Crippen LogP contribution in [0.5, 0.6) is 0 Å². The van der Waals surface area contributed by atoms with Crippen molar-refractivity contribution in [2.75, 3.05) is 5.73 Å². The van der Waals surface area contributed by atoms with Crippen molar-refractivity contribution in [1.29, 1.82) is 0 Å². The van der Waals surface area contributed by atoms with E-state index in [2.05, 4.69) is 46.3 Å². The molecule has 108 valence electrons. The van der Waals surface area contributed by atoms with E-state index in [1.54, 1.807) is 12.4 Å². The molecule has 0 atom stereocenters. The zero-order valence-corrected chi connectivity index (χ0v) is 13.8. The maximum absolute atomic E-state index is 6.23. The van der Waals surface area contributed by atoms with Crippen LogP contribution in [-0.2, 0) is 5.54 Å². The van der Waals surface area contributed by atoms with Crippen molar-refractivity contribution in [3.63, 3.8) is 0 Å². The van der Waals surface area contributed by atoms with E-state index >= 15 is 0 Å². The molecule has 0 bridgehead atoms. The second kappa shape index (κ2) is 4.84. The normalized spacial score (nSPS) is 12.0. The molecule has 0 aliphatic rings. The number of nitrogens with two attached hydrogens (primary N) is 1. The Labute approximate surface area is 132 Å². The number of hydrogen-bond acceptors (Lipinski definition) is 3. The molecule has 0 radical (unpaired) electrons. The van der Waals surface area contributed by atoms with Gasteiger partial charge in [-0.1, -0.05) is 6.07 Å². The molecular weight excluding hydrogens is 328 g/mol. The number of hydrogen-bond donors (Lipinski definition) is 1. The SMILES string of the molecule is CC(C)(C)n1c(-c2cccc(Br)c2N)nc2cnccc21. The number of nitrogen functional groups attached to an aromatic ring is 1. The van der Waals surface area contributed by atoms with E-state index in [0.717, 1.165) is 26.9 Å². The Kier molecular flexibility index (Phi) is 3.24. The van der Waals surface area contributed by atoms with Gasteiger partial charge < -0.3 is 10.3 Å². The summed E-state index contributed by atoms with van der Waals surface area (Å²) >= 11 is 3.49. The molecule has 0 spiro atoms. The molecular formula is C16H17BrN4. The molecule has 2 heterocycles. The summed E-state index contributed by atoms with van der Waals surface area (Å²) in [7, 11) is 0. The zero-order valence-electron chi connectivity index (χ0n) is 12.3. The van der Waals surface area contributed by atoms with E-state index < -0.39 is 0 Å². The predicted molar refractivity (Wildman–Crippen MR) is 90.1 cm³/mol. The highest BCUT2D eigenvalue weighted by Gasteiger charge is 2.23. The highest BCUT2D eigenvalue weighted by atomic mass is 79.9. The monoisotopic (exact) mass is 344 g/mol. The number of aromatic nitrogens is 3. The minimum Gasteiger partial charge on any atom is -0.397 e. The van der Waals surface area contributed by atoms with Crippen molar-refractivity contribution < 1.29 is 0 Å². The van der Waals surface area contributed by atoms with Gasteiger partial charge in [-0.05, 0) is 54.9 Å². The van der Waals surface area contributed by atoms with Gasteiger partial charge in [0.25, 0.3) is 0 Å². The third-order valence-electron chi connectivity index (χ3n) is 3.42. The third-order valence-corrected chi connectivity index (χ3v) is 4.11. The fourth-order valence-corrected chi connectivity index (χ4v) is 2.89. The van der Waals surface area contributed by atoms with Crippen LogP contribution in [0, 0.1) is 0 Å². The lowest BCUT2D eigenvalue weighted by atomic mass is 10.1. The fourth-order valence-electron chi connectivity index (χ4n) is 2.52. The summed E-state index contributed by atoms with van der Waals surface area (Å²) in [5, 5.41) is 0. The third kappa shape index (κ3) is 2.31. The van der Waals surface area contributed by atoms with Gasteiger partial charge in [0.05, 0.1) is 17.4 Å². The summed E-state index contributed by atoms with van der Waals surface area (Å²) in [6.07, 6.45) is 3.58. The number of halogens is 1. The van der Waals surface area contributed by atoms with Gasteiger partial charge >= 0.3 is 0 Å². The van der Waals surface area contributed by atoms with E-state index in [1.165, 1.54) is 0 Å². The van der Waals surface area contributed by atoms with Crippen LogP contribution in [-0.4, -0.2) is 14.5 Å². The van der Waals surface area contributed by atoms with Crippen LogP contribution < -0.4 is 5.73 Å². The molecule has 2 aromatic heterocycles. The Balaban J connectivity index is 2.40. The first-order valence-electron chi connectivity index (χ1n) is 6.77. The van der Waals surface area contributed by atoms with Crippen LogP contribution in [0.4, 0.5) is 5.69 Å². The Hall–Kier alpha value is -1.88. The van der Waals surface area contributed by atoms with Crippen molar-refractivity contribution in [3.05, 3.63) is 41.1 Å². The number of nitrogens with zero attached hydrogens (tertiary/aromatic N) is 3. The van der Waals surface area contributed by atoms with E-state index in [-0.39, 0.29) is 5.54 Å². The second-order valence-corrected chi connectivity index (χ2v) is 6.86. The van der Waals surface area contributed by atoms with Crippen LogP contribution in [0.2, 0.25) is 0 Å². The zero-order chi connectivity index (χ0) is 15.2.